The van der Waals surface area contributed by atoms with Crippen molar-refractivity contribution in [3.63, 3.8) is 0 Å². The lowest BCUT2D eigenvalue weighted by Crippen LogP contribution is -2.20. The fourth-order valence-electron chi connectivity index (χ4n) is 2.40. The van der Waals surface area contributed by atoms with E-state index < -0.39 is 0 Å². The number of hydrogen-bond donors (Lipinski definition) is 1. The number of carbonyl (C=O) groups excluding carboxylic acids is 1. The number of carbonyl (C=O) groups is 1. The molecule has 0 amide bonds. The van der Waals surface area contributed by atoms with Crippen molar-refractivity contribution in [3.05, 3.63) is 65.5 Å². The zero-order valence-corrected chi connectivity index (χ0v) is 10.7. The van der Waals surface area contributed by atoms with Gasteiger partial charge in [0.1, 0.15) is 5.69 Å². The summed E-state index contributed by atoms with van der Waals surface area (Å²) in [5, 5.41) is 0. The smallest absolute Gasteiger partial charge is 0.211 e. The summed E-state index contributed by atoms with van der Waals surface area (Å²) >= 11 is 0. The molecular weight excluding hydrogens is 236 g/mol. The van der Waals surface area contributed by atoms with E-state index in [1.807, 2.05) is 24.3 Å². The summed E-state index contributed by atoms with van der Waals surface area (Å²) in [5.74, 6) is -0.0322. The van der Waals surface area contributed by atoms with Crippen molar-refractivity contribution < 1.29 is 4.79 Å². The van der Waals surface area contributed by atoms with Crippen molar-refractivity contribution in [2.45, 2.75) is 18.3 Å². The van der Waals surface area contributed by atoms with Crippen LogP contribution < -0.4 is 5.73 Å². The average Bonchev–Trinajstić information content (AvgIpc) is 3.29. The Bertz CT molecular complexity index is 603. The highest BCUT2D eigenvalue weighted by Crippen LogP contribution is 2.47. The fraction of sp³-hybridized carbons (Fsp3) is 0.250. The first-order valence-electron chi connectivity index (χ1n) is 6.51. The first-order valence-corrected chi connectivity index (χ1v) is 6.51. The zero-order valence-electron chi connectivity index (χ0n) is 10.7. The molecule has 3 rings (SSSR count). The molecule has 0 aliphatic heterocycles. The summed E-state index contributed by atoms with van der Waals surface area (Å²) in [5.41, 5.74) is 8.30. The van der Waals surface area contributed by atoms with Gasteiger partial charge in [-0.05, 0) is 36.6 Å². The highest BCUT2D eigenvalue weighted by Gasteiger charge is 2.42. The van der Waals surface area contributed by atoms with Crippen molar-refractivity contribution in [2.24, 2.45) is 5.73 Å². The molecule has 0 saturated heterocycles. The Morgan fingerprint density at radius 2 is 2.05 bits per heavy atom. The largest absolute Gasteiger partial charge is 0.330 e. The Hall–Kier alpha value is -2.00. The monoisotopic (exact) mass is 252 g/mol. The number of hydrogen-bond acceptors (Lipinski definition) is 3. The second kappa shape index (κ2) is 4.59. The van der Waals surface area contributed by atoms with Crippen LogP contribution in [0.15, 0.2) is 48.7 Å². The van der Waals surface area contributed by atoms with Crippen LogP contribution in [0.2, 0.25) is 0 Å². The summed E-state index contributed by atoms with van der Waals surface area (Å²) in [7, 11) is 0. The van der Waals surface area contributed by atoms with E-state index in [9.17, 15) is 4.79 Å². The topological polar surface area (TPSA) is 56.0 Å². The number of nitrogens with zero attached hydrogens (tertiary/aromatic N) is 1. The lowest BCUT2D eigenvalue weighted by molar-refractivity contribution is 0.103. The average molecular weight is 252 g/mol. The molecule has 1 saturated carbocycles. The molecule has 0 bridgehead atoms. The Morgan fingerprint density at radius 3 is 2.68 bits per heavy atom. The summed E-state index contributed by atoms with van der Waals surface area (Å²) < 4.78 is 0. The molecule has 1 fully saturated rings. The van der Waals surface area contributed by atoms with Gasteiger partial charge < -0.3 is 5.73 Å². The van der Waals surface area contributed by atoms with Crippen molar-refractivity contribution in [3.8, 4) is 0 Å². The molecule has 3 heteroatoms. The van der Waals surface area contributed by atoms with Gasteiger partial charge in [0.05, 0.1) is 0 Å². The maximum absolute atomic E-state index is 12.3. The molecule has 1 heterocycles. The summed E-state index contributed by atoms with van der Waals surface area (Å²) in [6.45, 7) is 0.647. The van der Waals surface area contributed by atoms with E-state index in [2.05, 4.69) is 11.1 Å². The first kappa shape index (κ1) is 12.1. The SMILES string of the molecule is NCC1(c2cccc(C(=O)c3ccccn3)c2)CC1. The van der Waals surface area contributed by atoms with Crippen LogP contribution in [0.1, 0.15) is 34.5 Å². The Morgan fingerprint density at radius 1 is 1.21 bits per heavy atom. The van der Waals surface area contributed by atoms with E-state index in [0.717, 1.165) is 12.8 Å². The van der Waals surface area contributed by atoms with Gasteiger partial charge in [0.2, 0.25) is 5.78 Å². The summed E-state index contributed by atoms with van der Waals surface area (Å²) in [4.78, 5) is 16.4. The van der Waals surface area contributed by atoms with Crippen molar-refractivity contribution in [1.29, 1.82) is 0 Å². The number of rotatable bonds is 4. The molecule has 96 valence electrons. The molecule has 0 unspecified atom stereocenters. The number of ketones is 1. The number of benzene rings is 1. The van der Waals surface area contributed by atoms with E-state index in [0.29, 0.717) is 17.8 Å². The lowest BCUT2D eigenvalue weighted by atomic mass is 9.93. The molecule has 3 nitrogen and oxygen atoms in total. The first-order chi connectivity index (χ1) is 9.25. The van der Waals surface area contributed by atoms with Gasteiger partial charge in [0.25, 0.3) is 0 Å². The van der Waals surface area contributed by atoms with Gasteiger partial charge in [-0.25, -0.2) is 0 Å². The van der Waals surface area contributed by atoms with Gasteiger partial charge in [-0.1, -0.05) is 24.3 Å². The predicted molar refractivity (Wildman–Crippen MR) is 74.1 cm³/mol. The molecule has 19 heavy (non-hydrogen) atoms. The van der Waals surface area contributed by atoms with Crippen LogP contribution in [0.4, 0.5) is 0 Å². The number of pyridine rings is 1. The number of aromatic nitrogens is 1. The molecule has 1 aliphatic rings. The standard InChI is InChI=1S/C16H16N2O/c17-11-16(7-8-16)13-5-3-4-12(10-13)15(19)14-6-1-2-9-18-14/h1-6,9-10H,7-8,11,17H2. The third kappa shape index (κ3) is 2.17. The third-order valence-corrected chi connectivity index (χ3v) is 3.88. The molecule has 0 spiro atoms. The van der Waals surface area contributed by atoms with E-state index >= 15 is 0 Å². The van der Waals surface area contributed by atoms with Crippen LogP contribution >= 0.6 is 0 Å². The van der Waals surface area contributed by atoms with E-state index in [4.69, 9.17) is 5.73 Å². The van der Waals surface area contributed by atoms with Gasteiger partial charge in [-0.3, -0.25) is 9.78 Å². The minimum Gasteiger partial charge on any atom is -0.330 e. The fourth-order valence-corrected chi connectivity index (χ4v) is 2.40. The lowest BCUT2D eigenvalue weighted by Gasteiger charge is -2.13. The number of nitrogens with two attached hydrogens (primary N) is 1. The van der Waals surface area contributed by atoms with Crippen molar-refractivity contribution in [2.75, 3.05) is 6.54 Å². The second-order valence-corrected chi connectivity index (χ2v) is 5.11. The van der Waals surface area contributed by atoms with Crippen molar-refractivity contribution >= 4 is 5.78 Å². The van der Waals surface area contributed by atoms with Gasteiger partial charge in [-0.2, -0.15) is 0 Å². The zero-order chi connectivity index (χ0) is 13.3. The third-order valence-electron chi connectivity index (χ3n) is 3.88. The molecule has 1 aliphatic carbocycles. The molecular formula is C16H16N2O. The van der Waals surface area contributed by atoms with Crippen LogP contribution in [0.25, 0.3) is 0 Å². The van der Waals surface area contributed by atoms with Gasteiger partial charge in [0, 0.05) is 23.7 Å². The molecule has 1 aromatic heterocycles. The summed E-state index contributed by atoms with van der Waals surface area (Å²) in [6.07, 6.45) is 3.87. The van der Waals surface area contributed by atoms with E-state index in [-0.39, 0.29) is 11.2 Å². The van der Waals surface area contributed by atoms with Gasteiger partial charge in [-0.15, -0.1) is 0 Å². The Kier molecular flexibility index (Phi) is 2.91. The Balaban J connectivity index is 1.94. The molecule has 2 aromatic rings. The predicted octanol–water partition coefficient (Wildman–Crippen LogP) is 2.30. The highest BCUT2D eigenvalue weighted by molar-refractivity contribution is 6.07. The molecule has 1 aromatic carbocycles. The van der Waals surface area contributed by atoms with E-state index in [1.165, 1.54) is 5.56 Å². The maximum Gasteiger partial charge on any atom is 0.211 e. The van der Waals surface area contributed by atoms with Crippen LogP contribution in [0.5, 0.6) is 0 Å². The maximum atomic E-state index is 12.3. The van der Waals surface area contributed by atoms with Gasteiger partial charge >= 0.3 is 0 Å². The van der Waals surface area contributed by atoms with Gasteiger partial charge in [0.15, 0.2) is 0 Å². The van der Waals surface area contributed by atoms with E-state index in [1.54, 1.807) is 18.3 Å². The second-order valence-electron chi connectivity index (χ2n) is 5.11. The molecule has 0 radical (unpaired) electrons. The van der Waals surface area contributed by atoms with Crippen LogP contribution in [0.3, 0.4) is 0 Å². The van der Waals surface area contributed by atoms with Crippen LogP contribution in [0, 0.1) is 0 Å². The quantitative estimate of drug-likeness (QED) is 0.849. The minimum absolute atomic E-state index is 0.0322. The normalized spacial score (nSPS) is 16.1. The summed E-state index contributed by atoms with van der Waals surface area (Å²) in [6, 6.07) is 13.2. The minimum atomic E-state index is -0.0322. The Labute approximate surface area is 112 Å². The van der Waals surface area contributed by atoms with Crippen LogP contribution in [-0.2, 0) is 5.41 Å². The highest BCUT2D eigenvalue weighted by atomic mass is 16.1. The van der Waals surface area contributed by atoms with Crippen LogP contribution in [-0.4, -0.2) is 17.3 Å². The van der Waals surface area contributed by atoms with Crippen molar-refractivity contribution in [1.82, 2.24) is 4.98 Å². The molecule has 0 atom stereocenters. The molecule has 2 N–H and O–H groups in total.